The third-order valence-electron chi connectivity index (χ3n) is 3.34. The number of rotatable bonds is 9. The molecule has 4 nitrogen and oxygen atoms in total. The van der Waals surface area contributed by atoms with Crippen LogP contribution in [0.5, 0.6) is 0 Å². The van der Waals surface area contributed by atoms with Crippen LogP contribution in [0, 0.1) is 0 Å². The number of nitrogens with zero attached hydrogens (tertiary/aromatic N) is 1. The molecule has 0 spiro atoms. The van der Waals surface area contributed by atoms with Crippen molar-refractivity contribution in [3.63, 3.8) is 0 Å². The van der Waals surface area contributed by atoms with Crippen LogP contribution in [-0.2, 0) is 16.6 Å². The monoisotopic (exact) mass is 376 g/mol. The molecule has 1 aromatic carbocycles. The zero-order valence-electron chi connectivity index (χ0n) is 13.0. The molecule has 0 saturated carbocycles. The molecule has 0 heterocycles. The van der Waals surface area contributed by atoms with Gasteiger partial charge < -0.3 is 5.32 Å². The van der Waals surface area contributed by atoms with E-state index in [4.69, 9.17) is 0 Å². The summed E-state index contributed by atoms with van der Waals surface area (Å²) in [4.78, 5) is 0.344. The smallest absolute Gasteiger partial charge is 0.243 e. The number of sulfonamides is 1. The van der Waals surface area contributed by atoms with Crippen molar-refractivity contribution < 1.29 is 8.42 Å². The Balaban J connectivity index is 2.95. The van der Waals surface area contributed by atoms with Gasteiger partial charge in [-0.05, 0) is 46.6 Å². The lowest BCUT2D eigenvalue weighted by Crippen LogP contribution is -2.28. The van der Waals surface area contributed by atoms with Crippen LogP contribution in [0.3, 0.4) is 0 Å². The lowest BCUT2D eigenvalue weighted by molar-refractivity contribution is 0.454. The molecule has 0 aliphatic carbocycles. The molecule has 0 atom stereocenters. The summed E-state index contributed by atoms with van der Waals surface area (Å²) < 4.78 is 27.4. The molecule has 6 heteroatoms. The van der Waals surface area contributed by atoms with Crippen molar-refractivity contribution in [3.8, 4) is 0 Å². The highest BCUT2D eigenvalue weighted by Crippen LogP contribution is 2.26. The molecule has 0 aliphatic heterocycles. The van der Waals surface area contributed by atoms with Gasteiger partial charge in [0.1, 0.15) is 0 Å². The summed E-state index contributed by atoms with van der Waals surface area (Å²) in [7, 11) is -1.79. The number of hydrogen-bond donors (Lipinski definition) is 1. The van der Waals surface area contributed by atoms with Crippen molar-refractivity contribution in [2.24, 2.45) is 0 Å². The molecule has 0 aliphatic rings. The highest BCUT2D eigenvalue weighted by atomic mass is 79.9. The van der Waals surface area contributed by atoms with Gasteiger partial charge in [-0.3, -0.25) is 0 Å². The van der Waals surface area contributed by atoms with Gasteiger partial charge in [0.2, 0.25) is 10.0 Å². The maximum absolute atomic E-state index is 12.6. The van der Waals surface area contributed by atoms with Crippen LogP contribution in [-0.4, -0.2) is 32.9 Å². The Hall–Kier alpha value is -0.430. The van der Waals surface area contributed by atoms with E-state index in [1.165, 1.54) is 4.31 Å². The summed E-state index contributed by atoms with van der Waals surface area (Å²) in [5.74, 6) is 0. The van der Waals surface area contributed by atoms with E-state index in [-0.39, 0.29) is 0 Å². The summed E-state index contributed by atoms with van der Waals surface area (Å²) in [6, 6.07) is 5.49. The lowest BCUT2D eigenvalue weighted by Gasteiger charge is -2.18. The van der Waals surface area contributed by atoms with Gasteiger partial charge in [-0.15, -0.1) is 0 Å². The van der Waals surface area contributed by atoms with E-state index in [2.05, 4.69) is 28.2 Å². The Kier molecular flexibility index (Phi) is 7.87. The highest BCUT2D eigenvalue weighted by Gasteiger charge is 2.23. The molecule has 0 saturated heterocycles. The first-order chi connectivity index (χ1) is 9.93. The second-order valence-electron chi connectivity index (χ2n) is 5.08. The SMILES string of the molecule is CCCCCN(C)S(=O)(=O)c1cc(CNCC)ccc1Br. The Bertz CT molecular complexity index is 547. The molecule has 0 unspecified atom stereocenters. The normalized spacial score (nSPS) is 12.0. The highest BCUT2D eigenvalue weighted by molar-refractivity contribution is 9.10. The van der Waals surface area contributed by atoms with Crippen LogP contribution >= 0.6 is 15.9 Å². The summed E-state index contributed by atoms with van der Waals surface area (Å²) in [5.41, 5.74) is 0.973. The van der Waals surface area contributed by atoms with Gasteiger partial charge in [0, 0.05) is 24.6 Å². The van der Waals surface area contributed by atoms with E-state index in [0.29, 0.717) is 22.5 Å². The van der Waals surface area contributed by atoms with Crippen LogP contribution in [0.15, 0.2) is 27.6 Å². The zero-order valence-corrected chi connectivity index (χ0v) is 15.4. The van der Waals surface area contributed by atoms with E-state index in [1.54, 1.807) is 19.2 Å². The molecule has 21 heavy (non-hydrogen) atoms. The van der Waals surface area contributed by atoms with Gasteiger partial charge in [-0.25, -0.2) is 12.7 Å². The predicted octanol–water partition coefficient (Wildman–Crippen LogP) is 3.37. The Labute approximate surface area is 137 Å². The summed E-state index contributed by atoms with van der Waals surface area (Å²) >= 11 is 3.36. The molecule has 1 aromatic rings. The third kappa shape index (κ3) is 5.36. The quantitative estimate of drug-likeness (QED) is 0.672. The molecule has 120 valence electrons. The fraction of sp³-hybridized carbons (Fsp3) is 0.600. The van der Waals surface area contributed by atoms with Crippen LogP contribution in [0.25, 0.3) is 0 Å². The molecule has 0 amide bonds. The molecule has 0 bridgehead atoms. The summed E-state index contributed by atoms with van der Waals surface area (Å²) in [6.07, 6.45) is 3.01. The second kappa shape index (κ2) is 8.88. The molecular weight excluding hydrogens is 352 g/mol. The first-order valence-electron chi connectivity index (χ1n) is 7.39. The lowest BCUT2D eigenvalue weighted by atomic mass is 10.2. The van der Waals surface area contributed by atoms with E-state index in [9.17, 15) is 8.42 Å². The van der Waals surface area contributed by atoms with E-state index in [1.807, 2.05) is 13.0 Å². The summed E-state index contributed by atoms with van der Waals surface area (Å²) in [5, 5.41) is 3.21. The minimum atomic E-state index is -3.44. The van der Waals surface area contributed by atoms with Crippen molar-refractivity contribution in [1.82, 2.24) is 9.62 Å². The number of nitrogens with one attached hydrogen (secondary N) is 1. The third-order valence-corrected chi connectivity index (χ3v) is 6.19. The fourth-order valence-electron chi connectivity index (χ4n) is 2.00. The molecule has 0 radical (unpaired) electrons. The van der Waals surface area contributed by atoms with E-state index >= 15 is 0 Å². The van der Waals surface area contributed by atoms with Crippen LogP contribution in [0.4, 0.5) is 0 Å². The van der Waals surface area contributed by atoms with Crippen molar-refractivity contribution >= 4 is 26.0 Å². The van der Waals surface area contributed by atoms with Crippen molar-refractivity contribution in [3.05, 3.63) is 28.2 Å². The zero-order chi connectivity index (χ0) is 15.9. The minimum Gasteiger partial charge on any atom is -0.313 e. The maximum atomic E-state index is 12.6. The summed E-state index contributed by atoms with van der Waals surface area (Å²) in [6.45, 7) is 6.22. The van der Waals surface area contributed by atoms with Crippen LogP contribution in [0.1, 0.15) is 38.7 Å². The number of benzene rings is 1. The van der Waals surface area contributed by atoms with E-state index < -0.39 is 10.0 Å². The van der Waals surface area contributed by atoms with Crippen LogP contribution in [0.2, 0.25) is 0 Å². The number of unbranched alkanes of at least 4 members (excludes halogenated alkanes) is 2. The molecule has 0 aromatic heterocycles. The topological polar surface area (TPSA) is 49.4 Å². The average Bonchev–Trinajstić information content (AvgIpc) is 2.46. The Morgan fingerprint density at radius 2 is 1.95 bits per heavy atom. The molecular formula is C15H25BrN2O2S. The van der Waals surface area contributed by atoms with Gasteiger partial charge in [0.05, 0.1) is 4.90 Å². The van der Waals surface area contributed by atoms with Crippen molar-refractivity contribution in [1.29, 1.82) is 0 Å². The molecule has 1 N–H and O–H groups in total. The van der Waals surface area contributed by atoms with E-state index in [0.717, 1.165) is 31.4 Å². The van der Waals surface area contributed by atoms with Gasteiger partial charge in [-0.2, -0.15) is 0 Å². The first-order valence-corrected chi connectivity index (χ1v) is 9.62. The van der Waals surface area contributed by atoms with Gasteiger partial charge in [0.15, 0.2) is 0 Å². The van der Waals surface area contributed by atoms with Crippen molar-refractivity contribution in [2.75, 3.05) is 20.1 Å². The fourth-order valence-corrected chi connectivity index (χ4v) is 4.18. The van der Waals surface area contributed by atoms with Crippen molar-refractivity contribution in [2.45, 2.75) is 44.6 Å². The van der Waals surface area contributed by atoms with Crippen LogP contribution < -0.4 is 5.32 Å². The number of hydrogen-bond acceptors (Lipinski definition) is 3. The Morgan fingerprint density at radius 1 is 1.24 bits per heavy atom. The predicted molar refractivity (Wildman–Crippen MR) is 90.9 cm³/mol. The van der Waals surface area contributed by atoms with Gasteiger partial charge >= 0.3 is 0 Å². The number of halogens is 1. The molecule has 1 rings (SSSR count). The Morgan fingerprint density at radius 3 is 2.57 bits per heavy atom. The largest absolute Gasteiger partial charge is 0.313 e. The standard InChI is InChI=1S/C15H25BrN2O2S/c1-4-6-7-10-18(3)21(19,20)15-11-13(12-17-5-2)8-9-14(15)16/h8-9,11,17H,4-7,10,12H2,1-3H3. The molecule has 0 fully saturated rings. The maximum Gasteiger partial charge on any atom is 0.243 e. The average molecular weight is 377 g/mol. The van der Waals surface area contributed by atoms with Gasteiger partial charge in [-0.1, -0.05) is 32.8 Å². The first kappa shape index (κ1) is 18.6. The van der Waals surface area contributed by atoms with Gasteiger partial charge in [0.25, 0.3) is 0 Å². The second-order valence-corrected chi connectivity index (χ2v) is 7.95. The minimum absolute atomic E-state index is 0.344.